The number of nitrogens with zero attached hydrogens (tertiary/aromatic N) is 1. The van der Waals surface area contributed by atoms with Crippen LogP contribution in [0.3, 0.4) is 0 Å². The van der Waals surface area contributed by atoms with E-state index in [1.807, 2.05) is 6.07 Å². The third kappa shape index (κ3) is 4.03. The molecule has 114 valence electrons. The highest BCUT2D eigenvalue weighted by atomic mass is 19.1. The van der Waals surface area contributed by atoms with Gasteiger partial charge in [-0.1, -0.05) is 0 Å². The molecule has 0 radical (unpaired) electrons. The van der Waals surface area contributed by atoms with Crippen LogP contribution in [0.15, 0.2) is 24.4 Å². The van der Waals surface area contributed by atoms with Gasteiger partial charge in [-0.3, -0.25) is 4.98 Å². The van der Waals surface area contributed by atoms with Crippen LogP contribution in [0.2, 0.25) is 0 Å². The normalized spacial score (nSPS) is 11.0. The first-order valence-corrected chi connectivity index (χ1v) is 6.87. The lowest BCUT2D eigenvalue weighted by Crippen LogP contribution is -2.10. The van der Waals surface area contributed by atoms with Gasteiger partial charge in [-0.25, -0.2) is 4.39 Å². The van der Waals surface area contributed by atoms with Crippen LogP contribution in [0.4, 0.5) is 15.8 Å². The number of hydrogen-bond donors (Lipinski definition) is 2. The Balaban J connectivity index is 1.96. The molecule has 5 nitrogen and oxygen atoms in total. The molecule has 2 aromatic rings. The van der Waals surface area contributed by atoms with E-state index in [0.717, 1.165) is 11.8 Å². The monoisotopic (exact) mass is 293 g/mol. The fourth-order valence-corrected chi connectivity index (χ4v) is 2.04. The van der Waals surface area contributed by atoms with Gasteiger partial charge >= 0.3 is 0 Å². The SMILES string of the molecule is COCCOCCCNc1c(F)cc(N)c2cccnc12. The maximum Gasteiger partial charge on any atom is 0.150 e. The quantitative estimate of drug-likeness (QED) is 0.578. The summed E-state index contributed by atoms with van der Waals surface area (Å²) in [5.41, 5.74) is 7.14. The number of anilines is 2. The standard InChI is InChI=1S/C15H20FN3O2/c1-20-8-9-21-7-3-6-19-15-12(16)10-13(17)11-4-2-5-18-14(11)15/h2,4-5,10,19H,3,6-9,17H2,1H3. The molecule has 3 N–H and O–H groups in total. The number of halogens is 1. The number of nitrogens with one attached hydrogen (secondary N) is 1. The number of aromatic nitrogens is 1. The zero-order valence-electron chi connectivity index (χ0n) is 12.1. The molecule has 21 heavy (non-hydrogen) atoms. The van der Waals surface area contributed by atoms with E-state index in [4.69, 9.17) is 15.2 Å². The number of methoxy groups -OCH3 is 1. The Labute approximate surface area is 123 Å². The molecule has 2 rings (SSSR count). The minimum absolute atomic E-state index is 0.386. The van der Waals surface area contributed by atoms with Crippen molar-refractivity contribution in [3.8, 4) is 0 Å². The second kappa shape index (κ2) is 7.75. The molecule has 0 aliphatic carbocycles. The van der Waals surface area contributed by atoms with E-state index in [1.165, 1.54) is 6.07 Å². The van der Waals surface area contributed by atoms with Gasteiger partial charge in [-0.2, -0.15) is 0 Å². The summed E-state index contributed by atoms with van der Waals surface area (Å²) >= 11 is 0. The number of benzene rings is 1. The molecule has 0 unspecified atom stereocenters. The van der Waals surface area contributed by atoms with Gasteiger partial charge in [0.15, 0.2) is 5.82 Å². The molecular formula is C15H20FN3O2. The van der Waals surface area contributed by atoms with Crippen LogP contribution in [-0.2, 0) is 9.47 Å². The van der Waals surface area contributed by atoms with E-state index in [-0.39, 0.29) is 5.82 Å². The maximum atomic E-state index is 14.0. The highest BCUT2D eigenvalue weighted by Crippen LogP contribution is 2.29. The number of hydrogen-bond acceptors (Lipinski definition) is 5. The van der Waals surface area contributed by atoms with Gasteiger partial charge in [-0.05, 0) is 24.6 Å². The molecule has 1 aromatic heterocycles. The van der Waals surface area contributed by atoms with Crippen molar-refractivity contribution < 1.29 is 13.9 Å². The third-order valence-corrected chi connectivity index (χ3v) is 3.08. The summed E-state index contributed by atoms with van der Waals surface area (Å²) in [7, 11) is 1.63. The molecular weight excluding hydrogens is 273 g/mol. The van der Waals surface area contributed by atoms with E-state index in [1.54, 1.807) is 19.4 Å². The van der Waals surface area contributed by atoms with Crippen molar-refractivity contribution in [2.45, 2.75) is 6.42 Å². The molecule has 0 aliphatic rings. The molecule has 0 saturated carbocycles. The summed E-state index contributed by atoms with van der Waals surface area (Å²) in [4.78, 5) is 4.21. The Morgan fingerprint density at radius 2 is 2.19 bits per heavy atom. The molecule has 1 aromatic carbocycles. The average molecular weight is 293 g/mol. The first-order valence-electron chi connectivity index (χ1n) is 6.87. The van der Waals surface area contributed by atoms with E-state index < -0.39 is 0 Å². The number of nitrogen functional groups attached to an aromatic ring is 1. The molecule has 1 heterocycles. The number of pyridine rings is 1. The van der Waals surface area contributed by atoms with Crippen LogP contribution in [0.5, 0.6) is 0 Å². The lowest BCUT2D eigenvalue weighted by atomic mass is 10.1. The van der Waals surface area contributed by atoms with Crippen LogP contribution >= 0.6 is 0 Å². The van der Waals surface area contributed by atoms with Crippen molar-refractivity contribution in [1.82, 2.24) is 4.98 Å². The van der Waals surface area contributed by atoms with Crippen LogP contribution in [0.1, 0.15) is 6.42 Å². The number of ether oxygens (including phenoxy) is 2. The first-order chi connectivity index (χ1) is 10.2. The fraction of sp³-hybridized carbons (Fsp3) is 0.400. The number of fused-ring (bicyclic) bond motifs is 1. The molecule has 0 aliphatic heterocycles. The van der Waals surface area contributed by atoms with Crippen molar-refractivity contribution in [2.75, 3.05) is 44.5 Å². The van der Waals surface area contributed by atoms with Gasteiger partial charge in [0.05, 0.1) is 24.4 Å². The predicted octanol–water partition coefficient (Wildman–Crippen LogP) is 2.42. The highest BCUT2D eigenvalue weighted by Gasteiger charge is 2.11. The number of nitrogens with two attached hydrogens (primary N) is 1. The minimum Gasteiger partial charge on any atom is -0.398 e. The van der Waals surface area contributed by atoms with Gasteiger partial charge < -0.3 is 20.5 Å². The Morgan fingerprint density at radius 1 is 1.33 bits per heavy atom. The van der Waals surface area contributed by atoms with Crippen molar-refractivity contribution in [3.05, 3.63) is 30.2 Å². The average Bonchev–Trinajstić information content (AvgIpc) is 2.49. The molecule has 0 atom stereocenters. The van der Waals surface area contributed by atoms with Gasteiger partial charge in [0.25, 0.3) is 0 Å². The van der Waals surface area contributed by atoms with Crippen molar-refractivity contribution in [3.63, 3.8) is 0 Å². The summed E-state index contributed by atoms with van der Waals surface area (Å²) < 4.78 is 24.3. The number of rotatable bonds is 8. The molecule has 0 amide bonds. The zero-order chi connectivity index (χ0) is 15.1. The third-order valence-electron chi connectivity index (χ3n) is 3.08. The first kappa shape index (κ1) is 15.5. The Hall–Kier alpha value is -1.92. The van der Waals surface area contributed by atoms with Crippen molar-refractivity contribution in [2.24, 2.45) is 0 Å². The van der Waals surface area contributed by atoms with Crippen LogP contribution in [0, 0.1) is 5.82 Å². The smallest absolute Gasteiger partial charge is 0.150 e. The largest absolute Gasteiger partial charge is 0.398 e. The van der Waals surface area contributed by atoms with Crippen LogP contribution < -0.4 is 11.1 Å². The van der Waals surface area contributed by atoms with Crippen LogP contribution in [-0.4, -0.2) is 38.5 Å². The lowest BCUT2D eigenvalue weighted by Gasteiger charge is -2.12. The van der Waals surface area contributed by atoms with Gasteiger partial charge in [0.2, 0.25) is 0 Å². The van der Waals surface area contributed by atoms with Crippen molar-refractivity contribution >= 4 is 22.3 Å². The second-order valence-electron chi connectivity index (χ2n) is 4.61. The van der Waals surface area contributed by atoms with Crippen molar-refractivity contribution in [1.29, 1.82) is 0 Å². The van der Waals surface area contributed by atoms with E-state index >= 15 is 0 Å². The summed E-state index contributed by atoms with van der Waals surface area (Å²) in [6.07, 6.45) is 2.39. The molecule has 0 bridgehead atoms. The van der Waals surface area contributed by atoms with E-state index in [2.05, 4.69) is 10.3 Å². The molecule has 0 saturated heterocycles. The fourth-order valence-electron chi connectivity index (χ4n) is 2.04. The highest BCUT2D eigenvalue weighted by molar-refractivity contribution is 5.98. The topological polar surface area (TPSA) is 69.4 Å². The van der Waals surface area contributed by atoms with Gasteiger partial charge in [0, 0.05) is 37.5 Å². The molecule has 0 fully saturated rings. The Kier molecular flexibility index (Phi) is 5.71. The van der Waals surface area contributed by atoms with Gasteiger partial charge in [-0.15, -0.1) is 0 Å². The molecule has 6 heteroatoms. The lowest BCUT2D eigenvalue weighted by molar-refractivity contribution is 0.0705. The minimum atomic E-state index is -0.390. The summed E-state index contributed by atoms with van der Waals surface area (Å²) in [6.45, 7) is 2.34. The Morgan fingerprint density at radius 3 is 3.00 bits per heavy atom. The van der Waals surface area contributed by atoms with Crippen LogP contribution in [0.25, 0.3) is 10.9 Å². The summed E-state index contributed by atoms with van der Waals surface area (Å²) in [5.74, 6) is -0.390. The van der Waals surface area contributed by atoms with E-state index in [0.29, 0.717) is 43.3 Å². The zero-order valence-corrected chi connectivity index (χ0v) is 12.1. The summed E-state index contributed by atoms with van der Waals surface area (Å²) in [5, 5.41) is 3.82. The second-order valence-corrected chi connectivity index (χ2v) is 4.61. The summed E-state index contributed by atoms with van der Waals surface area (Å²) in [6, 6.07) is 4.93. The Bertz CT molecular complexity index is 592. The van der Waals surface area contributed by atoms with E-state index in [9.17, 15) is 4.39 Å². The maximum absolute atomic E-state index is 14.0. The molecule has 0 spiro atoms. The predicted molar refractivity (Wildman–Crippen MR) is 81.9 cm³/mol. The van der Waals surface area contributed by atoms with Gasteiger partial charge in [0.1, 0.15) is 0 Å².